The Hall–Kier alpha value is -2.97. The maximum absolute atomic E-state index is 13.2. The smallest absolute Gasteiger partial charge is 0.247 e. The molecule has 0 saturated carbocycles. The molecule has 1 aliphatic heterocycles. The third-order valence-electron chi connectivity index (χ3n) is 5.21. The minimum Gasteiger partial charge on any atom is -0.337 e. The van der Waals surface area contributed by atoms with Crippen molar-refractivity contribution < 1.29 is 8.91 Å². The number of hydrogen-bond donors (Lipinski definition) is 0. The second kappa shape index (κ2) is 6.98. The second-order valence-electron chi connectivity index (χ2n) is 7.06. The molecule has 4 nitrogen and oxygen atoms in total. The van der Waals surface area contributed by atoms with Crippen LogP contribution in [0.2, 0.25) is 0 Å². The normalized spacial score (nSPS) is 19.7. The first kappa shape index (κ1) is 17.4. The number of rotatable bonds is 2. The first-order chi connectivity index (χ1) is 13.0. The number of likely N-dealkylation sites (tertiary alicyclic amines) is 1. The van der Waals surface area contributed by atoms with Gasteiger partial charge in [0.25, 0.3) is 0 Å². The summed E-state index contributed by atoms with van der Waals surface area (Å²) in [6, 6.07) is 13.9. The van der Waals surface area contributed by atoms with E-state index in [1.54, 1.807) is 12.1 Å². The zero-order valence-corrected chi connectivity index (χ0v) is 15.4. The Kier molecular flexibility index (Phi) is 4.51. The van der Waals surface area contributed by atoms with Crippen molar-refractivity contribution in [1.29, 1.82) is 0 Å². The molecule has 0 spiro atoms. The van der Waals surface area contributed by atoms with E-state index in [2.05, 4.69) is 40.9 Å². The van der Waals surface area contributed by atoms with Gasteiger partial charge in [-0.2, -0.15) is 4.98 Å². The highest BCUT2D eigenvalue weighted by Gasteiger charge is 2.40. The molecule has 3 aromatic rings. The summed E-state index contributed by atoms with van der Waals surface area (Å²) in [5.41, 5.74) is 2.18. The largest absolute Gasteiger partial charge is 0.337 e. The van der Waals surface area contributed by atoms with Crippen LogP contribution < -0.4 is 0 Å². The molecule has 136 valence electrons. The Morgan fingerprint density at radius 2 is 1.89 bits per heavy atom. The predicted octanol–water partition coefficient (Wildman–Crippen LogP) is 4.22. The van der Waals surface area contributed by atoms with Crippen LogP contribution in [-0.2, 0) is 5.54 Å². The molecular formula is C22H20FN3O. The zero-order chi connectivity index (χ0) is 18.9. The van der Waals surface area contributed by atoms with Gasteiger partial charge in [0, 0.05) is 16.7 Å². The molecule has 2 aromatic carbocycles. The summed E-state index contributed by atoms with van der Waals surface area (Å²) in [5.74, 6) is 6.96. The Morgan fingerprint density at radius 3 is 2.59 bits per heavy atom. The van der Waals surface area contributed by atoms with Crippen LogP contribution in [0, 0.1) is 17.7 Å². The van der Waals surface area contributed by atoms with Gasteiger partial charge in [-0.1, -0.05) is 23.1 Å². The molecule has 0 amide bonds. The van der Waals surface area contributed by atoms with Gasteiger partial charge in [-0.3, -0.25) is 4.90 Å². The fourth-order valence-electron chi connectivity index (χ4n) is 3.34. The molecule has 0 radical (unpaired) electrons. The lowest BCUT2D eigenvalue weighted by Gasteiger charge is -2.27. The van der Waals surface area contributed by atoms with Gasteiger partial charge in [-0.05, 0) is 75.8 Å². The quantitative estimate of drug-likeness (QED) is 0.641. The number of nitrogens with zero attached hydrogens (tertiary/aromatic N) is 3. The lowest BCUT2D eigenvalue weighted by molar-refractivity contribution is 0.143. The predicted molar refractivity (Wildman–Crippen MR) is 101 cm³/mol. The van der Waals surface area contributed by atoms with E-state index in [1.807, 2.05) is 24.3 Å². The number of halogens is 1. The minimum absolute atomic E-state index is 0.193. The highest BCUT2D eigenvalue weighted by Crippen LogP contribution is 2.36. The summed E-state index contributed by atoms with van der Waals surface area (Å²) in [5, 5.41) is 4.15. The Balaban J connectivity index is 1.53. The van der Waals surface area contributed by atoms with Crippen molar-refractivity contribution in [3.8, 4) is 23.2 Å². The van der Waals surface area contributed by atoms with Crippen LogP contribution in [0.4, 0.5) is 4.39 Å². The summed E-state index contributed by atoms with van der Waals surface area (Å²) in [6.45, 7) is 3.18. The Bertz CT molecular complexity index is 1020. The van der Waals surface area contributed by atoms with Gasteiger partial charge in [0.05, 0.1) is 5.54 Å². The van der Waals surface area contributed by atoms with Crippen LogP contribution in [0.5, 0.6) is 0 Å². The van der Waals surface area contributed by atoms with Crippen molar-refractivity contribution in [2.24, 2.45) is 0 Å². The molecular weight excluding hydrogens is 341 g/mol. The van der Waals surface area contributed by atoms with E-state index >= 15 is 0 Å². The van der Waals surface area contributed by atoms with Gasteiger partial charge in [-0.25, -0.2) is 4.39 Å². The number of benzene rings is 2. The Labute approximate surface area is 158 Å². The van der Waals surface area contributed by atoms with E-state index in [0.29, 0.717) is 17.3 Å². The molecule has 0 N–H and O–H groups in total. The average Bonchev–Trinajstić information content (AvgIpc) is 3.29. The van der Waals surface area contributed by atoms with Gasteiger partial charge < -0.3 is 4.52 Å². The molecule has 1 fully saturated rings. The van der Waals surface area contributed by atoms with Crippen LogP contribution in [0.15, 0.2) is 53.1 Å². The van der Waals surface area contributed by atoms with Crippen LogP contribution in [-0.4, -0.2) is 28.6 Å². The van der Waals surface area contributed by atoms with E-state index in [9.17, 15) is 4.39 Å². The van der Waals surface area contributed by atoms with Gasteiger partial charge in [0.15, 0.2) is 0 Å². The molecule has 1 unspecified atom stereocenters. The van der Waals surface area contributed by atoms with Crippen LogP contribution in [0.3, 0.4) is 0 Å². The fraction of sp³-hybridized carbons (Fsp3) is 0.273. The lowest BCUT2D eigenvalue weighted by atomic mass is 9.99. The molecule has 0 aliphatic carbocycles. The maximum Gasteiger partial charge on any atom is 0.247 e. The second-order valence-corrected chi connectivity index (χ2v) is 7.06. The maximum atomic E-state index is 13.2. The van der Waals surface area contributed by atoms with E-state index < -0.39 is 0 Å². The van der Waals surface area contributed by atoms with Crippen LogP contribution in [0.25, 0.3) is 11.4 Å². The number of aromatic nitrogens is 2. The highest BCUT2D eigenvalue weighted by atomic mass is 19.1. The topological polar surface area (TPSA) is 42.2 Å². The van der Waals surface area contributed by atoms with Crippen molar-refractivity contribution in [2.45, 2.75) is 25.3 Å². The summed E-state index contributed by atoms with van der Waals surface area (Å²) < 4.78 is 18.8. The third kappa shape index (κ3) is 3.49. The highest BCUT2D eigenvalue weighted by molar-refractivity contribution is 5.57. The van der Waals surface area contributed by atoms with E-state index in [1.165, 1.54) is 12.1 Å². The van der Waals surface area contributed by atoms with Gasteiger partial charge in [-0.15, -0.1) is 0 Å². The Morgan fingerprint density at radius 1 is 1.11 bits per heavy atom. The molecule has 27 heavy (non-hydrogen) atoms. The first-order valence-electron chi connectivity index (χ1n) is 8.98. The monoisotopic (exact) mass is 361 g/mol. The van der Waals surface area contributed by atoms with Gasteiger partial charge in [0.1, 0.15) is 5.82 Å². The summed E-state index contributed by atoms with van der Waals surface area (Å²) >= 11 is 0. The van der Waals surface area contributed by atoms with Crippen molar-refractivity contribution in [2.75, 3.05) is 13.6 Å². The van der Waals surface area contributed by atoms with Crippen LogP contribution >= 0.6 is 0 Å². The number of hydrogen-bond acceptors (Lipinski definition) is 4. The molecule has 2 heterocycles. The molecule has 1 aliphatic rings. The van der Waals surface area contributed by atoms with E-state index in [-0.39, 0.29) is 11.4 Å². The van der Waals surface area contributed by atoms with Crippen molar-refractivity contribution >= 4 is 0 Å². The third-order valence-corrected chi connectivity index (χ3v) is 5.21. The summed E-state index contributed by atoms with van der Waals surface area (Å²) in [6.07, 6.45) is 2.14. The van der Waals surface area contributed by atoms with Crippen molar-refractivity contribution in [3.05, 3.63) is 71.4 Å². The van der Waals surface area contributed by atoms with Crippen molar-refractivity contribution in [1.82, 2.24) is 15.0 Å². The molecule has 1 aromatic heterocycles. The standard InChI is InChI=1S/C22H20FN3O/c1-22(13-4-14-26(22)2)21-24-20(25-27-21)18-11-9-16(10-12-18)7-8-17-5-3-6-19(23)15-17/h3,5-6,9-12,15H,4,13-14H2,1-2H3. The molecule has 0 bridgehead atoms. The summed E-state index contributed by atoms with van der Waals surface area (Å²) in [7, 11) is 2.09. The first-order valence-corrected chi connectivity index (χ1v) is 8.98. The summed E-state index contributed by atoms with van der Waals surface area (Å²) in [4.78, 5) is 6.88. The SMILES string of the molecule is CN1CCCC1(C)c1nc(-c2ccc(C#Cc3cccc(F)c3)cc2)no1. The minimum atomic E-state index is -0.285. The van der Waals surface area contributed by atoms with Gasteiger partial charge in [0.2, 0.25) is 11.7 Å². The average molecular weight is 361 g/mol. The van der Waals surface area contributed by atoms with Crippen LogP contribution in [0.1, 0.15) is 36.8 Å². The molecule has 1 saturated heterocycles. The molecule has 4 rings (SSSR count). The fourth-order valence-corrected chi connectivity index (χ4v) is 3.34. The molecule has 1 atom stereocenters. The zero-order valence-electron chi connectivity index (χ0n) is 15.4. The van der Waals surface area contributed by atoms with E-state index in [0.717, 1.165) is 30.5 Å². The van der Waals surface area contributed by atoms with E-state index in [4.69, 9.17) is 4.52 Å². The lowest BCUT2D eigenvalue weighted by Crippen LogP contribution is -2.35. The van der Waals surface area contributed by atoms with Crippen molar-refractivity contribution in [3.63, 3.8) is 0 Å². The van der Waals surface area contributed by atoms with Gasteiger partial charge >= 0.3 is 0 Å². The molecule has 5 heteroatoms.